The van der Waals surface area contributed by atoms with Gasteiger partial charge in [0.2, 0.25) is 10.0 Å². The Morgan fingerprint density at radius 3 is 2.55 bits per heavy atom. The molecule has 6 heteroatoms. The summed E-state index contributed by atoms with van der Waals surface area (Å²) in [6, 6.07) is 5.01. The minimum atomic E-state index is -3.60. The second-order valence-corrected chi connectivity index (χ2v) is 6.93. The summed E-state index contributed by atoms with van der Waals surface area (Å²) in [5.74, 6) is 0.347. The Bertz CT molecular complexity index is 575. The molecule has 0 aliphatic heterocycles. The predicted octanol–water partition coefficient (Wildman–Crippen LogP) is 1.76. The van der Waals surface area contributed by atoms with E-state index in [9.17, 15) is 8.42 Å². The molecule has 112 valence electrons. The molecule has 1 fully saturated rings. The first-order valence-corrected chi connectivity index (χ1v) is 8.35. The number of nitrogens with one attached hydrogen (secondary N) is 1. The Balaban J connectivity index is 2.37. The third-order valence-corrected chi connectivity index (χ3v) is 5.69. The van der Waals surface area contributed by atoms with Crippen LogP contribution in [-0.2, 0) is 16.6 Å². The molecule has 0 amide bonds. The van der Waals surface area contributed by atoms with Crippen molar-refractivity contribution in [2.45, 2.75) is 49.6 Å². The van der Waals surface area contributed by atoms with Gasteiger partial charge in [0.1, 0.15) is 10.6 Å². The van der Waals surface area contributed by atoms with Crippen LogP contribution in [-0.4, -0.2) is 21.1 Å². The van der Waals surface area contributed by atoms with Gasteiger partial charge in [-0.25, -0.2) is 13.1 Å². The van der Waals surface area contributed by atoms with E-state index in [0.29, 0.717) is 12.3 Å². The fourth-order valence-electron chi connectivity index (χ4n) is 2.53. The lowest BCUT2D eigenvalue weighted by molar-refractivity contribution is 0.213. The summed E-state index contributed by atoms with van der Waals surface area (Å²) in [7, 11) is -2.13. The second-order valence-electron chi connectivity index (χ2n) is 5.28. The maximum absolute atomic E-state index is 12.6. The van der Waals surface area contributed by atoms with Crippen molar-refractivity contribution < 1.29 is 13.2 Å². The summed E-state index contributed by atoms with van der Waals surface area (Å²) in [5, 5.41) is 0. The Morgan fingerprint density at radius 2 is 2.10 bits per heavy atom. The van der Waals surface area contributed by atoms with Crippen LogP contribution in [0.3, 0.4) is 0 Å². The van der Waals surface area contributed by atoms with Crippen molar-refractivity contribution >= 4 is 10.0 Å². The smallest absolute Gasteiger partial charge is 0.244 e. The van der Waals surface area contributed by atoms with Crippen molar-refractivity contribution in [3.63, 3.8) is 0 Å². The van der Waals surface area contributed by atoms with Gasteiger partial charge >= 0.3 is 0 Å². The van der Waals surface area contributed by atoms with Gasteiger partial charge in [-0.2, -0.15) is 0 Å². The highest BCUT2D eigenvalue weighted by Crippen LogP contribution is 2.37. The molecule has 5 nitrogen and oxygen atoms in total. The maximum Gasteiger partial charge on any atom is 0.244 e. The van der Waals surface area contributed by atoms with Gasteiger partial charge in [-0.15, -0.1) is 0 Å². The van der Waals surface area contributed by atoms with Gasteiger partial charge in [0.05, 0.1) is 7.11 Å². The molecule has 0 bridgehead atoms. The van der Waals surface area contributed by atoms with E-state index < -0.39 is 10.0 Å². The van der Waals surface area contributed by atoms with Gasteiger partial charge in [-0.05, 0) is 43.4 Å². The minimum Gasteiger partial charge on any atom is -0.495 e. The Kier molecular flexibility index (Phi) is 4.36. The summed E-state index contributed by atoms with van der Waals surface area (Å²) in [6.45, 7) is 2.31. The van der Waals surface area contributed by atoms with Crippen LogP contribution in [0, 0.1) is 0 Å². The van der Waals surface area contributed by atoms with Crippen molar-refractivity contribution in [2.75, 3.05) is 7.11 Å². The normalized spacial score (nSPS) is 17.6. The lowest BCUT2D eigenvalue weighted by Crippen LogP contribution is -2.52. The SMILES string of the molecule is CCC1(NS(=O)(=O)c2cc(CN)ccc2OC)CCC1. The van der Waals surface area contributed by atoms with Gasteiger partial charge < -0.3 is 10.5 Å². The zero-order chi connectivity index (χ0) is 14.8. The zero-order valence-corrected chi connectivity index (χ0v) is 12.8. The molecule has 0 heterocycles. The number of ether oxygens (including phenoxy) is 1. The van der Waals surface area contributed by atoms with E-state index in [1.165, 1.54) is 7.11 Å². The van der Waals surface area contributed by atoms with Gasteiger partial charge in [0.15, 0.2) is 0 Å². The third kappa shape index (κ3) is 2.82. The van der Waals surface area contributed by atoms with Crippen LogP contribution in [0.25, 0.3) is 0 Å². The van der Waals surface area contributed by atoms with E-state index in [1.54, 1.807) is 18.2 Å². The molecular weight excluding hydrogens is 276 g/mol. The summed E-state index contributed by atoms with van der Waals surface area (Å²) < 4.78 is 33.3. The van der Waals surface area contributed by atoms with Crippen LogP contribution < -0.4 is 15.2 Å². The number of methoxy groups -OCH3 is 1. The Hall–Kier alpha value is -1.11. The quantitative estimate of drug-likeness (QED) is 0.838. The van der Waals surface area contributed by atoms with Crippen LogP contribution in [0.5, 0.6) is 5.75 Å². The molecule has 0 radical (unpaired) electrons. The van der Waals surface area contributed by atoms with Crippen molar-refractivity contribution in [3.8, 4) is 5.75 Å². The first-order valence-electron chi connectivity index (χ1n) is 6.87. The first kappa shape index (κ1) is 15.3. The van der Waals surface area contributed by atoms with Crippen molar-refractivity contribution in [3.05, 3.63) is 23.8 Å². The van der Waals surface area contributed by atoms with Gasteiger partial charge in [-0.1, -0.05) is 13.0 Å². The van der Waals surface area contributed by atoms with E-state index in [-0.39, 0.29) is 10.4 Å². The molecule has 0 atom stereocenters. The van der Waals surface area contributed by atoms with Crippen LogP contribution >= 0.6 is 0 Å². The summed E-state index contributed by atoms with van der Waals surface area (Å²) in [5.41, 5.74) is 6.07. The van der Waals surface area contributed by atoms with E-state index in [2.05, 4.69) is 4.72 Å². The van der Waals surface area contributed by atoms with E-state index in [4.69, 9.17) is 10.5 Å². The molecule has 0 saturated heterocycles. The van der Waals surface area contributed by atoms with E-state index >= 15 is 0 Å². The molecular formula is C14H22N2O3S. The van der Waals surface area contributed by atoms with Crippen LogP contribution in [0.4, 0.5) is 0 Å². The molecule has 0 aromatic heterocycles. The molecule has 1 aromatic carbocycles. The van der Waals surface area contributed by atoms with Crippen molar-refractivity contribution in [2.24, 2.45) is 5.73 Å². The molecule has 0 unspecified atom stereocenters. The highest BCUT2D eigenvalue weighted by molar-refractivity contribution is 7.89. The number of hydrogen-bond acceptors (Lipinski definition) is 4. The molecule has 2 rings (SSSR count). The van der Waals surface area contributed by atoms with Crippen molar-refractivity contribution in [1.29, 1.82) is 0 Å². The largest absolute Gasteiger partial charge is 0.495 e. The summed E-state index contributed by atoms with van der Waals surface area (Å²) in [6.07, 6.45) is 3.64. The highest BCUT2D eigenvalue weighted by Gasteiger charge is 2.39. The topological polar surface area (TPSA) is 81.4 Å². The number of rotatable bonds is 6. The van der Waals surface area contributed by atoms with E-state index in [0.717, 1.165) is 31.2 Å². The fraction of sp³-hybridized carbons (Fsp3) is 0.571. The standard InChI is InChI=1S/C14H22N2O3S/c1-3-14(7-4-8-14)16-20(17,18)13-9-11(10-15)5-6-12(13)19-2/h5-6,9,16H,3-4,7-8,10,15H2,1-2H3. The number of nitrogens with two attached hydrogens (primary N) is 1. The zero-order valence-electron chi connectivity index (χ0n) is 12.0. The first-order chi connectivity index (χ1) is 9.46. The third-order valence-electron chi connectivity index (χ3n) is 4.09. The molecule has 1 aliphatic rings. The molecule has 0 spiro atoms. The maximum atomic E-state index is 12.6. The van der Waals surface area contributed by atoms with Crippen LogP contribution in [0.15, 0.2) is 23.1 Å². The number of hydrogen-bond donors (Lipinski definition) is 2. The minimum absolute atomic E-state index is 0.169. The van der Waals surface area contributed by atoms with Gasteiger partial charge in [0.25, 0.3) is 0 Å². The molecule has 1 aromatic rings. The lowest BCUT2D eigenvalue weighted by atomic mass is 9.76. The van der Waals surface area contributed by atoms with Crippen LogP contribution in [0.2, 0.25) is 0 Å². The summed E-state index contributed by atoms with van der Waals surface area (Å²) in [4.78, 5) is 0.169. The number of sulfonamides is 1. The number of benzene rings is 1. The average Bonchev–Trinajstić information content (AvgIpc) is 2.42. The monoisotopic (exact) mass is 298 g/mol. The molecule has 1 aliphatic carbocycles. The predicted molar refractivity (Wildman–Crippen MR) is 78.1 cm³/mol. The fourth-order valence-corrected chi connectivity index (χ4v) is 4.28. The Labute approximate surface area is 120 Å². The summed E-state index contributed by atoms with van der Waals surface area (Å²) >= 11 is 0. The van der Waals surface area contributed by atoms with Crippen LogP contribution in [0.1, 0.15) is 38.2 Å². The van der Waals surface area contributed by atoms with E-state index in [1.807, 2.05) is 6.92 Å². The average molecular weight is 298 g/mol. The molecule has 20 heavy (non-hydrogen) atoms. The molecule has 1 saturated carbocycles. The lowest BCUT2D eigenvalue weighted by Gasteiger charge is -2.41. The van der Waals surface area contributed by atoms with Crippen molar-refractivity contribution in [1.82, 2.24) is 4.72 Å². The van der Waals surface area contributed by atoms with Gasteiger partial charge in [0, 0.05) is 12.1 Å². The second kappa shape index (κ2) is 5.71. The van der Waals surface area contributed by atoms with Gasteiger partial charge in [-0.3, -0.25) is 0 Å². The Morgan fingerprint density at radius 1 is 1.40 bits per heavy atom. The molecule has 3 N–H and O–H groups in total. The highest BCUT2D eigenvalue weighted by atomic mass is 32.2.